The largest absolute Gasteiger partial charge is 0.480 e. The first-order chi connectivity index (χ1) is 13.0. The maximum atomic E-state index is 12.1. The molecule has 2 N–H and O–H groups in total. The van der Waals surface area contributed by atoms with Crippen molar-refractivity contribution in [3.05, 3.63) is 45.8 Å². The Hall–Kier alpha value is -2.23. The molecule has 0 bridgehead atoms. The number of nitrogens with zero attached hydrogens (tertiary/aromatic N) is 4. The van der Waals surface area contributed by atoms with Crippen LogP contribution in [0.2, 0.25) is 0 Å². The van der Waals surface area contributed by atoms with E-state index in [1.54, 1.807) is 0 Å². The maximum Gasteiger partial charge on any atom is 0.325 e. The van der Waals surface area contributed by atoms with Crippen molar-refractivity contribution in [1.82, 2.24) is 25.1 Å². The molecule has 1 atom stereocenters. The molecule has 1 aromatic carbocycles. The fourth-order valence-corrected chi connectivity index (χ4v) is 3.98. The number of piperazine rings is 1. The molecule has 1 saturated heterocycles. The first kappa shape index (κ1) is 18.1. The monoisotopic (exact) mass is 433 g/mol. The van der Waals surface area contributed by atoms with Crippen molar-refractivity contribution >= 4 is 32.8 Å². The van der Waals surface area contributed by atoms with E-state index in [2.05, 4.69) is 36.1 Å². The number of aryl methyl sites for hydroxylation is 1. The fourth-order valence-electron chi connectivity index (χ4n) is 3.62. The Morgan fingerprint density at radius 1 is 1.33 bits per heavy atom. The number of aliphatic carboxylic acids is 1. The predicted octanol–water partition coefficient (Wildman–Crippen LogP) is 2.57. The number of fused-ring (bicyclic) bond motifs is 1. The van der Waals surface area contributed by atoms with Gasteiger partial charge < -0.3 is 10.1 Å². The summed E-state index contributed by atoms with van der Waals surface area (Å²) < 4.78 is 5.71. The van der Waals surface area contributed by atoms with Gasteiger partial charge in [0.25, 0.3) is 0 Å². The topological polar surface area (TPSA) is 98.5 Å². The van der Waals surface area contributed by atoms with Crippen LogP contribution in [0.1, 0.15) is 23.0 Å². The summed E-state index contributed by atoms with van der Waals surface area (Å²) >= 11 is 3.45. The van der Waals surface area contributed by atoms with Crippen LogP contribution in [0.4, 0.5) is 0 Å². The van der Waals surface area contributed by atoms with Crippen molar-refractivity contribution in [2.45, 2.75) is 19.5 Å². The van der Waals surface area contributed by atoms with Crippen LogP contribution in [0.25, 0.3) is 10.9 Å². The van der Waals surface area contributed by atoms with Gasteiger partial charge >= 0.3 is 5.97 Å². The number of carboxylic acids is 1. The van der Waals surface area contributed by atoms with Gasteiger partial charge in [0, 0.05) is 59.9 Å². The van der Waals surface area contributed by atoms with Crippen LogP contribution < -0.4 is 0 Å². The summed E-state index contributed by atoms with van der Waals surface area (Å²) in [5.74, 6) is -0.830. The average molecular weight is 434 g/mol. The molecule has 0 amide bonds. The smallest absolute Gasteiger partial charge is 0.325 e. The van der Waals surface area contributed by atoms with Gasteiger partial charge in [-0.05, 0) is 19.1 Å². The Morgan fingerprint density at radius 3 is 2.78 bits per heavy atom. The summed E-state index contributed by atoms with van der Waals surface area (Å²) in [6.45, 7) is 5.42. The molecule has 142 valence electrons. The summed E-state index contributed by atoms with van der Waals surface area (Å²) in [5.41, 5.74) is 3.36. The number of H-pyrrole nitrogens is 1. The highest BCUT2D eigenvalue weighted by molar-refractivity contribution is 9.10. The van der Waals surface area contributed by atoms with Crippen LogP contribution in [0.15, 0.2) is 33.5 Å². The van der Waals surface area contributed by atoms with Crippen molar-refractivity contribution in [2.24, 2.45) is 0 Å². The SMILES string of the molecule is Cc1nonc1CN1CCN(C(C(=O)O)c2c[nH]c3cc(Br)ccc23)CC1. The Labute approximate surface area is 164 Å². The van der Waals surface area contributed by atoms with E-state index in [1.165, 1.54) is 0 Å². The van der Waals surface area contributed by atoms with Gasteiger partial charge in [0.2, 0.25) is 0 Å². The molecule has 0 spiro atoms. The number of benzene rings is 1. The van der Waals surface area contributed by atoms with E-state index in [-0.39, 0.29) is 0 Å². The predicted molar refractivity (Wildman–Crippen MR) is 102 cm³/mol. The summed E-state index contributed by atoms with van der Waals surface area (Å²) in [7, 11) is 0. The number of nitrogens with one attached hydrogen (secondary N) is 1. The van der Waals surface area contributed by atoms with Crippen LogP contribution in [0, 0.1) is 6.92 Å². The number of hydrogen-bond acceptors (Lipinski definition) is 6. The van der Waals surface area contributed by atoms with Crippen LogP contribution in [0.5, 0.6) is 0 Å². The van der Waals surface area contributed by atoms with Crippen LogP contribution in [-0.4, -0.2) is 62.4 Å². The molecule has 1 aliphatic heterocycles. The normalized spacial score (nSPS) is 17.4. The van der Waals surface area contributed by atoms with E-state index in [0.717, 1.165) is 45.4 Å². The van der Waals surface area contributed by atoms with Gasteiger partial charge in [0.1, 0.15) is 17.4 Å². The number of hydrogen-bond donors (Lipinski definition) is 2. The molecule has 9 heteroatoms. The molecule has 0 radical (unpaired) electrons. The van der Waals surface area contributed by atoms with Crippen LogP contribution >= 0.6 is 15.9 Å². The number of aromatic amines is 1. The molecule has 4 rings (SSSR count). The average Bonchev–Trinajstić information content (AvgIpc) is 3.23. The molecule has 3 heterocycles. The molecular weight excluding hydrogens is 414 g/mol. The first-order valence-electron chi connectivity index (χ1n) is 8.76. The summed E-state index contributed by atoms with van der Waals surface area (Å²) in [6.07, 6.45) is 1.81. The van der Waals surface area contributed by atoms with Gasteiger partial charge in [0.05, 0.1) is 0 Å². The number of carbonyl (C=O) groups is 1. The van der Waals surface area contributed by atoms with Crippen LogP contribution in [-0.2, 0) is 11.3 Å². The lowest BCUT2D eigenvalue weighted by Crippen LogP contribution is -2.48. The highest BCUT2D eigenvalue weighted by Crippen LogP contribution is 2.31. The highest BCUT2D eigenvalue weighted by atomic mass is 79.9. The van der Waals surface area contributed by atoms with Gasteiger partial charge in [-0.2, -0.15) is 0 Å². The zero-order valence-electron chi connectivity index (χ0n) is 14.9. The van der Waals surface area contributed by atoms with E-state index in [4.69, 9.17) is 4.63 Å². The second-order valence-corrected chi connectivity index (χ2v) is 7.70. The van der Waals surface area contributed by atoms with Crippen molar-refractivity contribution in [3.63, 3.8) is 0 Å². The molecule has 0 saturated carbocycles. The second kappa shape index (κ2) is 7.41. The molecule has 8 nitrogen and oxygen atoms in total. The lowest BCUT2D eigenvalue weighted by atomic mass is 10.0. The van der Waals surface area contributed by atoms with E-state index in [0.29, 0.717) is 19.6 Å². The molecular formula is C18H20BrN5O3. The number of halogens is 1. The minimum Gasteiger partial charge on any atom is -0.480 e. The third kappa shape index (κ3) is 3.62. The van der Waals surface area contributed by atoms with Gasteiger partial charge in [-0.3, -0.25) is 14.6 Å². The number of aromatic nitrogens is 3. The molecule has 1 unspecified atom stereocenters. The van der Waals surface area contributed by atoms with Crippen molar-refractivity contribution in [1.29, 1.82) is 0 Å². The van der Waals surface area contributed by atoms with Crippen molar-refractivity contribution < 1.29 is 14.5 Å². The van der Waals surface area contributed by atoms with Crippen molar-refractivity contribution in [2.75, 3.05) is 26.2 Å². The molecule has 1 aliphatic rings. The third-order valence-corrected chi connectivity index (χ3v) is 5.59. The number of carboxylic acid groups (broad SMARTS) is 1. The molecule has 27 heavy (non-hydrogen) atoms. The van der Waals surface area contributed by atoms with Gasteiger partial charge in [0.15, 0.2) is 0 Å². The van der Waals surface area contributed by atoms with E-state index >= 15 is 0 Å². The standard InChI is InChI=1S/C18H20BrN5O3/c1-11-16(22-27-21-11)10-23-4-6-24(7-5-23)17(18(25)26)14-9-20-15-8-12(19)2-3-13(14)15/h2-3,8-9,17,20H,4-7,10H2,1H3,(H,25,26). The number of rotatable bonds is 5. The highest BCUT2D eigenvalue weighted by Gasteiger charge is 2.32. The van der Waals surface area contributed by atoms with E-state index in [9.17, 15) is 9.90 Å². The molecule has 0 aliphatic carbocycles. The minimum atomic E-state index is -0.830. The lowest BCUT2D eigenvalue weighted by Gasteiger charge is -2.37. The minimum absolute atomic E-state index is 0.669. The van der Waals surface area contributed by atoms with Gasteiger partial charge in [-0.25, -0.2) is 4.63 Å². The second-order valence-electron chi connectivity index (χ2n) is 6.78. The van der Waals surface area contributed by atoms with Gasteiger partial charge in [-0.15, -0.1) is 0 Å². The van der Waals surface area contributed by atoms with Gasteiger partial charge in [-0.1, -0.05) is 32.3 Å². The molecule has 2 aromatic heterocycles. The van der Waals surface area contributed by atoms with Crippen LogP contribution in [0.3, 0.4) is 0 Å². The third-order valence-electron chi connectivity index (χ3n) is 5.10. The fraction of sp³-hybridized carbons (Fsp3) is 0.389. The summed E-state index contributed by atoms with van der Waals surface area (Å²) in [5, 5.41) is 18.6. The Morgan fingerprint density at radius 2 is 2.11 bits per heavy atom. The Balaban J connectivity index is 1.50. The zero-order chi connectivity index (χ0) is 19.0. The summed E-state index contributed by atoms with van der Waals surface area (Å²) in [4.78, 5) is 19.5. The summed E-state index contributed by atoms with van der Waals surface area (Å²) in [6, 6.07) is 5.18. The van der Waals surface area contributed by atoms with E-state index < -0.39 is 12.0 Å². The molecule has 1 fully saturated rings. The first-order valence-corrected chi connectivity index (χ1v) is 9.56. The zero-order valence-corrected chi connectivity index (χ0v) is 16.4. The molecule has 3 aromatic rings. The lowest BCUT2D eigenvalue weighted by molar-refractivity contribution is -0.144. The maximum absolute atomic E-state index is 12.1. The van der Waals surface area contributed by atoms with E-state index in [1.807, 2.05) is 36.2 Å². The Kier molecular flexibility index (Phi) is 4.98. The Bertz CT molecular complexity index is 961. The quantitative estimate of drug-likeness (QED) is 0.637. The van der Waals surface area contributed by atoms with Crippen molar-refractivity contribution in [3.8, 4) is 0 Å².